The summed E-state index contributed by atoms with van der Waals surface area (Å²) in [7, 11) is 1.62. The van der Waals surface area contributed by atoms with E-state index in [9.17, 15) is 9.90 Å². The Morgan fingerprint density at radius 2 is 2.14 bits per heavy atom. The lowest BCUT2D eigenvalue weighted by Crippen LogP contribution is -2.31. The smallest absolute Gasteiger partial charge is 0.263 e. The number of thiazole rings is 1. The number of nitrogens with zero attached hydrogens (tertiary/aromatic N) is 1. The maximum absolute atomic E-state index is 12.0. The molecule has 6 heteroatoms. The Morgan fingerprint density at radius 1 is 1.41 bits per heavy atom. The van der Waals surface area contributed by atoms with Crippen LogP contribution in [0.1, 0.15) is 29.4 Å². The molecule has 118 valence electrons. The third-order valence-electron chi connectivity index (χ3n) is 3.19. The molecule has 22 heavy (non-hydrogen) atoms. The molecule has 5 nitrogen and oxygen atoms in total. The van der Waals surface area contributed by atoms with Gasteiger partial charge in [0.2, 0.25) is 0 Å². The zero-order valence-corrected chi connectivity index (χ0v) is 13.5. The molecule has 0 aliphatic rings. The van der Waals surface area contributed by atoms with Crippen LogP contribution in [0.2, 0.25) is 0 Å². The molecule has 1 atom stereocenters. The van der Waals surface area contributed by atoms with Crippen LogP contribution in [0.15, 0.2) is 30.5 Å². The highest BCUT2D eigenvalue weighted by Gasteiger charge is 2.13. The van der Waals surface area contributed by atoms with Crippen LogP contribution in [0, 0.1) is 0 Å². The molecule has 0 aliphatic carbocycles. The highest BCUT2D eigenvalue weighted by molar-refractivity contribution is 7.16. The molecule has 0 saturated carbocycles. The fourth-order valence-corrected chi connectivity index (χ4v) is 2.82. The summed E-state index contributed by atoms with van der Waals surface area (Å²) in [5.41, 5.74) is 0.941. The Hall–Kier alpha value is -1.92. The lowest BCUT2D eigenvalue weighted by molar-refractivity contribution is 0.0914. The van der Waals surface area contributed by atoms with Crippen molar-refractivity contribution in [2.45, 2.75) is 25.9 Å². The van der Waals surface area contributed by atoms with Crippen LogP contribution >= 0.6 is 11.3 Å². The fraction of sp³-hybridized carbons (Fsp3) is 0.375. The molecule has 0 radical (unpaired) electrons. The average Bonchev–Trinajstić information content (AvgIpc) is 3.03. The predicted octanol–water partition coefficient (Wildman–Crippen LogP) is 2.71. The Labute approximate surface area is 134 Å². The summed E-state index contributed by atoms with van der Waals surface area (Å²) >= 11 is 1.33. The standard InChI is InChI=1S/C16H20N2O3S/c1-3-4-12(19)9-17-15(20)14-10-18-16(22-14)11-5-7-13(21-2)8-6-11/h5-8,10,12,19H,3-4,9H2,1-2H3,(H,17,20). The van der Waals surface area contributed by atoms with Gasteiger partial charge in [0.15, 0.2) is 0 Å². The van der Waals surface area contributed by atoms with Crippen molar-refractivity contribution in [3.05, 3.63) is 35.3 Å². The van der Waals surface area contributed by atoms with Crippen LogP contribution in [0.25, 0.3) is 10.6 Å². The maximum atomic E-state index is 12.0. The van der Waals surface area contributed by atoms with Crippen LogP contribution in [-0.4, -0.2) is 35.8 Å². The van der Waals surface area contributed by atoms with Gasteiger partial charge in [0, 0.05) is 12.1 Å². The van der Waals surface area contributed by atoms with Crippen molar-refractivity contribution in [2.24, 2.45) is 0 Å². The Morgan fingerprint density at radius 3 is 2.77 bits per heavy atom. The third kappa shape index (κ3) is 4.29. The van der Waals surface area contributed by atoms with Gasteiger partial charge < -0.3 is 15.2 Å². The summed E-state index contributed by atoms with van der Waals surface area (Å²) in [5.74, 6) is 0.579. The zero-order valence-electron chi connectivity index (χ0n) is 12.7. The normalized spacial score (nSPS) is 12.0. The van der Waals surface area contributed by atoms with E-state index < -0.39 is 6.10 Å². The van der Waals surface area contributed by atoms with Crippen molar-refractivity contribution in [2.75, 3.05) is 13.7 Å². The summed E-state index contributed by atoms with van der Waals surface area (Å²) in [6, 6.07) is 7.53. The van der Waals surface area contributed by atoms with E-state index in [1.54, 1.807) is 13.3 Å². The summed E-state index contributed by atoms with van der Waals surface area (Å²) < 4.78 is 5.12. The van der Waals surface area contributed by atoms with E-state index in [1.807, 2.05) is 31.2 Å². The summed E-state index contributed by atoms with van der Waals surface area (Å²) in [5, 5.41) is 13.1. The molecule has 0 bridgehead atoms. The van der Waals surface area contributed by atoms with Gasteiger partial charge >= 0.3 is 0 Å². The number of aliphatic hydroxyl groups excluding tert-OH is 1. The second kappa shape index (κ2) is 7.91. The first-order chi connectivity index (χ1) is 10.6. The van der Waals surface area contributed by atoms with Crippen molar-refractivity contribution in [1.29, 1.82) is 0 Å². The molecule has 2 N–H and O–H groups in total. The number of amides is 1. The lowest BCUT2D eigenvalue weighted by Gasteiger charge is -2.09. The van der Waals surface area contributed by atoms with Gasteiger partial charge in [0.05, 0.1) is 19.4 Å². The number of carbonyl (C=O) groups is 1. The molecule has 0 spiro atoms. The van der Waals surface area contributed by atoms with Gasteiger partial charge in [-0.1, -0.05) is 13.3 Å². The largest absolute Gasteiger partial charge is 0.497 e. The van der Waals surface area contributed by atoms with Crippen molar-refractivity contribution in [3.63, 3.8) is 0 Å². The van der Waals surface area contributed by atoms with Crippen molar-refractivity contribution < 1.29 is 14.6 Å². The number of nitrogens with one attached hydrogen (secondary N) is 1. The van der Waals surface area contributed by atoms with Crippen molar-refractivity contribution in [3.8, 4) is 16.3 Å². The molecule has 1 heterocycles. The van der Waals surface area contributed by atoms with Gasteiger partial charge in [-0.2, -0.15) is 0 Å². The Bertz CT molecular complexity index is 610. The molecule has 0 fully saturated rings. The first kappa shape index (κ1) is 16.5. The molecule has 1 amide bonds. The Balaban J connectivity index is 1.99. The van der Waals surface area contributed by atoms with E-state index in [2.05, 4.69) is 10.3 Å². The lowest BCUT2D eigenvalue weighted by atomic mass is 10.2. The summed E-state index contributed by atoms with van der Waals surface area (Å²) in [6.45, 7) is 2.26. The van der Waals surface area contributed by atoms with E-state index >= 15 is 0 Å². The molecule has 1 aromatic heterocycles. The number of methoxy groups -OCH3 is 1. The number of aromatic nitrogens is 1. The van der Waals surface area contributed by atoms with Crippen LogP contribution in [0.5, 0.6) is 5.75 Å². The minimum absolute atomic E-state index is 0.201. The average molecular weight is 320 g/mol. The fourth-order valence-electron chi connectivity index (χ4n) is 1.98. The van der Waals surface area contributed by atoms with Crippen LogP contribution in [-0.2, 0) is 0 Å². The molecule has 1 aromatic carbocycles. The van der Waals surface area contributed by atoms with Gasteiger partial charge in [-0.25, -0.2) is 4.98 Å². The third-order valence-corrected chi connectivity index (χ3v) is 4.23. The first-order valence-electron chi connectivity index (χ1n) is 7.20. The molecular formula is C16H20N2O3S. The zero-order chi connectivity index (χ0) is 15.9. The van der Waals surface area contributed by atoms with E-state index in [0.29, 0.717) is 11.3 Å². The van der Waals surface area contributed by atoms with Crippen LogP contribution in [0.3, 0.4) is 0 Å². The number of benzene rings is 1. The number of rotatable bonds is 7. The maximum Gasteiger partial charge on any atom is 0.263 e. The number of hydrogen-bond donors (Lipinski definition) is 2. The number of aliphatic hydroxyl groups is 1. The van der Waals surface area contributed by atoms with E-state index in [-0.39, 0.29) is 12.5 Å². The molecule has 0 aliphatic heterocycles. The highest BCUT2D eigenvalue weighted by atomic mass is 32.1. The van der Waals surface area contributed by atoms with E-state index in [1.165, 1.54) is 11.3 Å². The second-order valence-corrected chi connectivity index (χ2v) is 5.94. The minimum atomic E-state index is -0.497. The number of ether oxygens (including phenoxy) is 1. The predicted molar refractivity (Wildman–Crippen MR) is 87.4 cm³/mol. The molecular weight excluding hydrogens is 300 g/mol. The quantitative estimate of drug-likeness (QED) is 0.823. The van der Waals surface area contributed by atoms with Gasteiger partial charge in [0.1, 0.15) is 15.6 Å². The van der Waals surface area contributed by atoms with Gasteiger partial charge in [-0.05, 0) is 30.7 Å². The SMILES string of the molecule is CCCC(O)CNC(=O)c1cnc(-c2ccc(OC)cc2)s1. The summed E-state index contributed by atoms with van der Waals surface area (Å²) in [4.78, 5) is 16.8. The number of carbonyl (C=O) groups excluding carboxylic acids is 1. The summed E-state index contributed by atoms with van der Waals surface area (Å²) in [6.07, 6.45) is 2.63. The first-order valence-corrected chi connectivity index (χ1v) is 8.02. The van der Waals surface area contributed by atoms with Gasteiger partial charge in [0.25, 0.3) is 5.91 Å². The molecule has 1 unspecified atom stereocenters. The monoisotopic (exact) mass is 320 g/mol. The number of hydrogen-bond acceptors (Lipinski definition) is 5. The van der Waals surface area contributed by atoms with Gasteiger partial charge in [-0.15, -0.1) is 11.3 Å². The van der Waals surface area contributed by atoms with Crippen LogP contribution < -0.4 is 10.1 Å². The highest BCUT2D eigenvalue weighted by Crippen LogP contribution is 2.26. The van der Waals surface area contributed by atoms with Crippen LogP contribution in [0.4, 0.5) is 0 Å². The Kier molecular flexibility index (Phi) is 5.91. The molecule has 2 aromatic rings. The van der Waals surface area contributed by atoms with E-state index in [0.717, 1.165) is 22.7 Å². The molecule has 0 saturated heterocycles. The topological polar surface area (TPSA) is 71.5 Å². The molecule has 2 rings (SSSR count). The van der Waals surface area contributed by atoms with Crippen molar-refractivity contribution >= 4 is 17.2 Å². The minimum Gasteiger partial charge on any atom is -0.497 e. The van der Waals surface area contributed by atoms with Gasteiger partial charge in [-0.3, -0.25) is 4.79 Å². The van der Waals surface area contributed by atoms with E-state index in [4.69, 9.17) is 4.74 Å². The van der Waals surface area contributed by atoms with Crippen molar-refractivity contribution in [1.82, 2.24) is 10.3 Å². The second-order valence-electron chi connectivity index (χ2n) is 4.91.